The van der Waals surface area contributed by atoms with Gasteiger partial charge in [-0.15, -0.1) is 0 Å². The second-order valence-corrected chi connectivity index (χ2v) is 8.51. The van der Waals surface area contributed by atoms with Gasteiger partial charge in [-0.2, -0.15) is 0 Å². The fraction of sp³-hybridized carbons (Fsp3) is 0.310. The van der Waals surface area contributed by atoms with Crippen molar-refractivity contribution in [2.24, 2.45) is 0 Å². The fourth-order valence-corrected chi connectivity index (χ4v) is 4.54. The van der Waals surface area contributed by atoms with Crippen molar-refractivity contribution in [1.29, 1.82) is 0 Å². The van der Waals surface area contributed by atoms with Gasteiger partial charge in [0.05, 0.1) is 0 Å². The lowest BCUT2D eigenvalue weighted by Crippen LogP contribution is -2.29. The highest BCUT2D eigenvalue weighted by atomic mass is 16.2. The van der Waals surface area contributed by atoms with Gasteiger partial charge in [-0.05, 0) is 79.0 Å². The van der Waals surface area contributed by atoms with E-state index in [-0.39, 0.29) is 6.61 Å². The molecule has 0 spiro atoms. The van der Waals surface area contributed by atoms with Crippen LogP contribution in [0, 0.1) is 6.92 Å². The monoisotopic (exact) mass is 411 g/mol. The van der Waals surface area contributed by atoms with Crippen LogP contribution in [0.4, 0.5) is 5.69 Å². The smallest absolute Gasteiger partial charge is 0.0434 e. The summed E-state index contributed by atoms with van der Waals surface area (Å²) in [5.74, 6) is 0. The molecular weight excluding hydrogens is 378 g/mol. The zero-order chi connectivity index (χ0) is 21.5. The molecule has 2 nitrogen and oxygen atoms in total. The molecule has 0 aromatic heterocycles. The molecule has 31 heavy (non-hydrogen) atoms. The van der Waals surface area contributed by atoms with E-state index in [2.05, 4.69) is 90.7 Å². The lowest BCUT2D eigenvalue weighted by atomic mass is 9.87. The summed E-state index contributed by atoms with van der Waals surface area (Å²) in [6, 6.07) is 28.6. The van der Waals surface area contributed by atoms with Crippen molar-refractivity contribution in [3.8, 4) is 0 Å². The van der Waals surface area contributed by atoms with Crippen molar-refractivity contribution in [1.82, 2.24) is 0 Å². The summed E-state index contributed by atoms with van der Waals surface area (Å²) in [7, 11) is 0. The molecule has 0 saturated carbocycles. The number of allylic oxidation sites excluding steroid dienone is 1. The SMILES string of the molecule is Cc1ccc(/C(=C(\CCCO)c2ccccc2)c2ccc(N3CCCCC3)cc2)cc1. The van der Waals surface area contributed by atoms with Crippen LogP contribution >= 0.6 is 0 Å². The highest BCUT2D eigenvalue weighted by Crippen LogP contribution is 2.36. The molecule has 1 fully saturated rings. The van der Waals surface area contributed by atoms with Crippen molar-refractivity contribution in [3.05, 3.63) is 101 Å². The Morgan fingerprint density at radius 1 is 0.742 bits per heavy atom. The maximum atomic E-state index is 9.57. The Kier molecular flexibility index (Phi) is 7.22. The van der Waals surface area contributed by atoms with Crippen LogP contribution in [0.25, 0.3) is 11.1 Å². The summed E-state index contributed by atoms with van der Waals surface area (Å²) >= 11 is 0. The van der Waals surface area contributed by atoms with E-state index < -0.39 is 0 Å². The van der Waals surface area contributed by atoms with E-state index in [9.17, 15) is 5.11 Å². The fourth-order valence-electron chi connectivity index (χ4n) is 4.54. The number of aryl methyl sites for hydroxylation is 1. The Morgan fingerprint density at radius 2 is 1.35 bits per heavy atom. The minimum absolute atomic E-state index is 0.200. The van der Waals surface area contributed by atoms with Gasteiger partial charge in [0.1, 0.15) is 0 Å². The maximum absolute atomic E-state index is 9.57. The molecule has 1 N–H and O–H groups in total. The molecule has 0 aliphatic carbocycles. The Morgan fingerprint density at radius 3 is 1.97 bits per heavy atom. The van der Waals surface area contributed by atoms with Gasteiger partial charge in [0.15, 0.2) is 0 Å². The van der Waals surface area contributed by atoms with Crippen LogP contribution in [0.1, 0.15) is 54.4 Å². The molecule has 1 heterocycles. The molecule has 1 aliphatic heterocycles. The van der Waals surface area contributed by atoms with Gasteiger partial charge >= 0.3 is 0 Å². The third kappa shape index (κ3) is 5.26. The summed E-state index contributed by atoms with van der Waals surface area (Å²) < 4.78 is 0. The van der Waals surface area contributed by atoms with Crippen LogP contribution in [0.2, 0.25) is 0 Å². The zero-order valence-corrected chi connectivity index (χ0v) is 18.6. The second-order valence-electron chi connectivity index (χ2n) is 8.51. The van der Waals surface area contributed by atoms with Gasteiger partial charge in [0, 0.05) is 25.4 Å². The average Bonchev–Trinajstić information content (AvgIpc) is 2.84. The summed E-state index contributed by atoms with van der Waals surface area (Å²) in [5, 5.41) is 9.57. The van der Waals surface area contributed by atoms with Crippen LogP contribution in [-0.4, -0.2) is 24.8 Å². The predicted octanol–water partition coefficient (Wildman–Crippen LogP) is 6.72. The molecule has 1 saturated heterocycles. The Balaban J connectivity index is 1.81. The topological polar surface area (TPSA) is 23.5 Å². The van der Waals surface area contributed by atoms with E-state index >= 15 is 0 Å². The molecule has 0 radical (unpaired) electrons. The first kappa shape index (κ1) is 21.4. The number of benzene rings is 3. The van der Waals surface area contributed by atoms with E-state index in [0.29, 0.717) is 0 Å². The first-order valence-corrected chi connectivity index (χ1v) is 11.6. The van der Waals surface area contributed by atoms with E-state index in [4.69, 9.17) is 0 Å². The van der Waals surface area contributed by atoms with Crippen molar-refractivity contribution < 1.29 is 5.11 Å². The molecule has 0 bridgehead atoms. The molecule has 2 heteroatoms. The van der Waals surface area contributed by atoms with Crippen LogP contribution < -0.4 is 4.90 Å². The normalized spacial score (nSPS) is 15.0. The van der Waals surface area contributed by atoms with Gasteiger partial charge in [-0.1, -0.05) is 72.3 Å². The first-order chi connectivity index (χ1) is 15.3. The van der Waals surface area contributed by atoms with Crippen LogP contribution in [0.15, 0.2) is 78.9 Å². The minimum atomic E-state index is 0.200. The van der Waals surface area contributed by atoms with E-state index in [0.717, 1.165) is 25.9 Å². The Hall–Kier alpha value is -2.84. The highest BCUT2D eigenvalue weighted by molar-refractivity contribution is 5.98. The Bertz CT molecular complexity index is 981. The molecule has 0 amide bonds. The number of nitrogens with zero attached hydrogens (tertiary/aromatic N) is 1. The third-order valence-corrected chi connectivity index (χ3v) is 6.23. The molecule has 3 aromatic rings. The van der Waals surface area contributed by atoms with E-state index in [1.807, 2.05) is 0 Å². The van der Waals surface area contributed by atoms with Gasteiger partial charge in [-0.25, -0.2) is 0 Å². The number of piperidine rings is 1. The summed E-state index contributed by atoms with van der Waals surface area (Å²) in [4.78, 5) is 2.51. The first-order valence-electron chi connectivity index (χ1n) is 11.6. The standard InChI is InChI=1S/C29H33NO/c1-23-12-14-25(15-13-23)29(28(11-8-22-31)24-9-4-2-5-10-24)26-16-18-27(19-17-26)30-20-6-3-7-21-30/h2,4-5,9-10,12-19,31H,3,6-8,11,20-22H2,1H3/b29-28-. The zero-order valence-electron chi connectivity index (χ0n) is 18.6. The summed E-state index contributed by atoms with van der Waals surface area (Å²) in [5.41, 5.74) is 8.85. The Labute approximate surface area is 186 Å². The summed E-state index contributed by atoms with van der Waals surface area (Å²) in [6.45, 7) is 4.65. The van der Waals surface area contributed by atoms with Gasteiger partial charge in [0.25, 0.3) is 0 Å². The molecule has 0 unspecified atom stereocenters. The molecule has 160 valence electrons. The number of hydrogen-bond donors (Lipinski definition) is 1. The number of hydrogen-bond acceptors (Lipinski definition) is 2. The highest BCUT2D eigenvalue weighted by Gasteiger charge is 2.16. The lowest BCUT2D eigenvalue weighted by Gasteiger charge is -2.29. The third-order valence-electron chi connectivity index (χ3n) is 6.23. The minimum Gasteiger partial charge on any atom is -0.396 e. The lowest BCUT2D eigenvalue weighted by molar-refractivity contribution is 0.290. The van der Waals surface area contributed by atoms with Gasteiger partial charge < -0.3 is 10.0 Å². The number of aliphatic hydroxyl groups is 1. The largest absolute Gasteiger partial charge is 0.396 e. The molecular formula is C29H33NO. The van der Waals surface area contributed by atoms with E-state index in [1.165, 1.54) is 58.3 Å². The van der Waals surface area contributed by atoms with Crippen molar-refractivity contribution in [3.63, 3.8) is 0 Å². The van der Waals surface area contributed by atoms with Gasteiger partial charge in [0.2, 0.25) is 0 Å². The second kappa shape index (κ2) is 10.5. The molecule has 4 rings (SSSR count). The molecule has 3 aromatic carbocycles. The predicted molar refractivity (Wildman–Crippen MR) is 132 cm³/mol. The van der Waals surface area contributed by atoms with Crippen LogP contribution in [-0.2, 0) is 0 Å². The average molecular weight is 412 g/mol. The van der Waals surface area contributed by atoms with Crippen molar-refractivity contribution in [2.45, 2.75) is 39.0 Å². The van der Waals surface area contributed by atoms with Crippen molar-refractivity contribution in [2.75, 3.05) is 24.6 Å². The van der Waals surface area contributed by atoms with Gasteiger partial charge in [-0.3, -0.25) is 0 Å². The molecule has 1 aliphatic rings. The number of aliphatic hydroxyl groups excluding tert-OH is 1. The quantitative estimate of drug-likeness (QED) is 0.436. The van der Waals surface area contributed by atoms with E-state index in [1.54, 1.807) is 0 Å². The number of rotatable bonds is 7. The maximum Gasteiger partial charge on any atom is 0.0434 e. The summed E-state index contributed by atoms with van der Waals surface area (Å²) in [6.07, 6.45) is 5.52. The molecule has 0 atom stereocenters. The van der Waals surface area contributed by atoms with Crippen molar-refractivity contribution >= 4 is 16.8 Å². The van der Waals surface area contributed by atoms with Crippen LogP contribution in [0.3, 0.4) is 0 Å². The number of anilines is 1. The van der Waals surface area contributed by atoms with Crippen LogP contribution in [0.5, 0.6) is 0 Å².